The summed E-state index contributed by atoms with van der Waals surface area (Å²) < 4.78 is 1.87. The fourth-order valence-electron chi connectivity index (χ4n) is 3.26. The Morgan fingerprint density at radius 3 is 3.00 bits per heavy atom. The van der Waals surface area contributed by atoms with Crippen LogP contribution in [0.4, 0.5) is 5.00 Å². The molecule has 2 aromatic heterocycles. The van der Waals surface area contributed by atoms with Gasteiger partial charge >= 0.3 is 0 Å². The number of halogens is 1. The van der Waals surface area contributed by atoms with Gasteiger partial charge in [0, 0.05) is 28.0 Å². The number of thiophene rings is 1. The number of nitrogens with zero attached hydrogens (tertiary/aromatic N) is 2. The number of hydrogen-bond acceptors (Lipinski definition) is 5. The molecule has 0 spiro atoms. The zero-order chi connectivity index (χ0) is 19.7. The van der Waals surface area contributed by atoms with E-state index in [-0.39, 0.29) is 11.7 Å². The van der Waals surface area contributed by atoms with Gasteiger partial charge in [-0.1, -0.05) is 29.4 Å². The van der Waals surface area contributed by atoms with Gasteiger partial charge in [0.05, 0.1) is 11.3 Å². The number of aryl methyl sites for hydroxylation is 1. The van der Waals surface area contributed by atoms with E-state index in [4.69, 9.17) is 17.3 Å². The van der Waals surface area contributed by atoms with Gasteiger partial charge in [-0.25, -0.2) is 4.98 Å². The first-order valence-electron chi connectivity index (χ1n) is 8.69. The third-order valence-corrected chi connectivity index (χ3v) is 6.86. The van der Waals surface area contributed by atoms with Crippen LogP contribution in [0.15, 0.2) is 41.8 Å². The molecule has 6 nitrogen and oxygen atoms in total. The number of thioether (sulfide) groups is 1. The zero-order valence-electron chi connectivity index (χ0n) is 14.8. The average molecular weight is 433 g/mol. The smallest absolute Gasteiger partial charge is 0.251 e. The van der Waals surface area contributed by atoms with E-state index in [1.807, 2.05) is 29.0 Å². The van der Waals surface area contributed by atoms with E-state index in [0.717, 1.165) is 35.4 Å². The number of aromatic nitrogens is 2. The third kappa shape index (κ3) is 3.80. The molecule has 0 aliphatic heterocycles. The molecule has 0 unspecified atom stereocenters. The van der Waals surface area contributed by atoms with Crippen LogP contribution < -0.4 is 11.1 Å². The number of carbonyl (C=O) groups is 2. The number of nitrogens with two attached hydrogens (primary N) is 1. The lowest BCUT2D eigenvalue weighted by atomic mass is 10.1. The van der Waals surface area contributed by atoms with E-state index in [1.54, 1.807) is 12.3 Å². The molecule has 1 aliphatic carbocycles. The average Bonchev–Trinajstić information content (AvgIpc) is 3.35. The fourth-order valence-corrected chi connectivity index (χ4v) is 5.53. The van der Waals surface area contributed by atoms with Gasteiger partial charge in [0.1, 0.15) is 5.00 Å². The number of nitrogens with one attached hydrogen (secondary N) is 1. The van der Waals surface area contributed by atoms with Crippen LogP contribution >= 0.6 is 34.7 Å². The van der Waals surface area contributed by atoms with E-state index < -0.39 is 5.91 Å². The normalized spacial score (nSPS) is 12.8. The Morgan fingerprint density at radius 1 is 1.36 bits per heavy atom. The topological polar surface area (TPSA) is 90.0 Å². The minimum atomic E-state index is -0.487. The predicted octanol–water partition coefficient (Wildman–Crippen LogP) is 3.91. The number of amides is 2. The monoisotopic (exact) mass is 432 g/mol. The highest BCUT2D eigenvalue weighted by Gasteiger charge is 2.26. The summed E-state index contributed by atoms with van der Waals surface area (Å²) in [5.74, 6) is -0.523. The van der Waals surface area contributed by atoms with Crippen molar-refractivity contribution in [3.63, 3.8) is 0 Å². The third-order valence-electron chi connectivity index (χ3n) is 4.45. The molecule has 144 valence electrons. The van der Waals surface area contributed by atoms with Crippen molar-refractivity contribution < 1.29 is 9.59 Å². The first-order valence-corrected chi connectivity index (χ1v) is 10.9. The first kappa shape index (κ1) is 19.0. The number of primary amides is 1. The molecule has 9 heteroatoms. The molecule has 3 aromatic rings. The highest BCUT2D eigenvalue weighted by Crippen LogP contribution is 2.39. The highest BCUT2D eigenvalue weighted by atomic mass is 35.5. The molecule has 0 bridgehead atoms. The van der Waals surface area contributed by atoms with Crippen molar-refractivity contribution in [2.24, 2.45) is 5.73 Å². The zero-order valence-corrected chi connectivity index (χ0v) is 17.2. The van der Waals surface area contributed by atoms with Crippen LogP contribution in [0.25, 0.3) is 5.69 Å². The van der Waals surface area contributed by atoms with Crippen LogP contribution in [0, 0.1) is 0 Å². The summed E-state index contributed by atoms with van der Waals surface area (Å²) in [6, 6.07) is 7.42. The number of rotatable bonds is 6. The van der Waals surface area contributed by atoms with E-state index in [1.165, 1.54) is 23.1 Å². The van der Waals surface area contributed by atoms with Crippen LogP contribution in [-0.4, -0.2) is 27.1 Å². The molecule has 0 saturated heterocycles. The molecule has 0 radical (unpaired) electrons. The summed E-state index contributed by atoms with van der Waals surface area (Å²) in [5, 5.41) is 4.72. The van der Waals surface area contributed by atoms with Crippen molar-refractivity contribution in [1.29, 1.82) is 0 Å². The fraction of sp³-hybridized carbons (Fsp3) is 0.211. The van der Waals surface area contributed by atoms with Gasteiger partial charge in [-0.2, -0.15) is 0 Å². The molecule has 28 heavy (non-hydrogen) atoms. The molecule has 2 heterocycles. The minimum Gasteiger partial charge on any atom is -0.365 e. The highest BCUT2D eigenvalue weighted by molar-refractivity contribution is 7.99. The number of fused-ring (bicyclic) bond motifs is 1. The van der Waals surface area contributed by atoms with E-state index >= 15 is 0 Å². The van der Waals surface area contributed by atoms with E-state index in [0.29, 0.717) is 20.7 Å². The summed E-state index contributed by atoms with van der Waals surface area (Å²) in [4.78, 5) is 29.8. The number of benzene rings is 1. The van der Waals surface area contributed by atoms with Crippen LogP contribution in [0.2, 0.25) is 5.02 Å². The molecule has 1 aromatic carbocycles. The van der Waals surface area contributed by atoms with E-state index in [9.17, 15) is 9.59 Å². The standard InChI is InChI=1S/C19H17ClN4O2S2/c20-11-3-1-4-12(9-11)24-8-7-22-19(24)27-10-15(25)23-18-16(17(21)26)13-5-2-6-14(13)28-18/h1,3-4,7-9H,2,5-6,10H2,(H2,21,26)(H,23,25). The summed E-state index contributed by atoms with van der Waals surface area (Å²) in [5.41, 5.74) is 7.88. The van der Waals surface area contributed by atoms with Crippen LogP contribution in [-0.2, 0) is 17.6 Å². The van der Waals surface area contributed by atoms with Gasteiger partial charge in [-0.3, -0.25) is 14.2 Å². The molecule has 0 saturated carbocycles. The van der Waals surface area contributed by atoms with Crippen molar-refractivity contribution in [2.45, 2.75) is 24.4 Å². The Balaban J connectivity index is 1.46. The molecule has 4 rings (SSSR count). The van der Waals surface area contributed by atoms with Crippen molar-refractivity contribution in [2.75, 3.05) is 11.1 Å². The second-order valence-corrected chi connectivity index (χ2v) is 8.81. The number of carbonyl (C=O) groups excluding carboxylic acids is 2. The lowest BCUT2D eigenvalue weighted by Gasteiger charge is -2.08. The summed E-state index contributed by atoms with van der Waals surface area (Å²) in [7, 11) is 0. The minimum absolute atomic E-state index is 0.165. The van der Waals surface area contributed by atoms with Crippen molar-refractivity contribution >= 4 is 51.5 Å². The van der Waals surface area contributed by atoms with Gasteiger partial charge in [0.2, 0.25) is 5.91 Å². The van der Waals surface area contributed by atoms with Crippen LogP contribution in [0.1, 0.15) is 27.2 Å². The molecule has 1 aliphatic rings. The van der Waals surface area contributed by atoms with Crippen molar-refractivity contribution in [3.8, 4) is 5.69 Å². The lowest BCUT2D eigenvalue weighted by molar-refractivity contribution is -0.113. The second-order valence-electron chi connectivity index (χ2n) is 6.32. The van der Waals surface area contributed by atoms with Gasteiger partial charge in [0.15, 0.2) is 5.16 Å². The maximum Gasteiger partial charge on any atom is 0.251 e. The first-order chi connectivity index (χ1) is 13.5. The van der Waals surface area contributed by atoms with Crippen LogP contribution in [0.3, 0.4) is 0 Å². The van der Waals surface area contributed by atoms with Crippen LogP contribution in [0.5, 0.6) is 0 Å². The number of imidazole rings is 1. The molecular formula is C19H17ClN4O2S2. The van der Waals surface area contributed by atoms with E-state index in [2.05, 4.69) is 10.3 Å². The molecule has 0 atom stereocenters. The van der Waals surface area contributed by atoms with Crippen molar-refractivity contribution in [1.82, 2.24) is 9.55 Å². The summed E-state index contributed by atoms with van der Waals surface area (Å²) >= 11 is 8.83. The Kier molecular flexibility index (Phi) is 5.43. The number of anilines is 1. The number of hydrogen-bond donors (Lipinski definition) is 2. The Labute approximate surface area is 175 Å². The van der Waals surface area contributed by atoms with Crippen molar-refractivity contribution in [3.05, 3.63) is 57.7 Å². The van der Waals surface area contributed by atoms with Gasteiger partial charge in [-0.15, -0.1) is 11.3 Å². The maximum absolute atomic E-state index is 12.5. The molecule has 0 fully saturated rings. The Morgan fingerprint density at radius 2 is 2.21 bits per heavy atom. The van der Waals surface area contributed by atoms with Gasteiger partial charge in [-0.05, 0) is 43.0 Å². The maximum atomic E-state index is 12.5. The summed E-state index contributed by atoms with van der Waals surface area (Å²) in [6.07, 6.45) is 6.29. The predicted molar refractivity (Wildman–Crippen MR) is 113 cm³/mol. The quantitative estimate of drug-likeness (QED) is 0.578. The molecular weight excluding hydrogens is 416 g/mol. The lowest BCUT2D eigenvalue weighted by Crippen LogP contribution is -2.19. The SMILES string of the molecule is NC(=O)c1c(NC(=O)CSc2nccn2-c2cccc(Cl)c2)sc2c1CCC2. The Bertz CT molecular complexity index is 1060. The van der Waals surface area contributed by atoms with Gasteiger partial charge < -0.3 is 11.1 Å². The summed E-state index contributed by atoms with van der Waals surface area (Å²) in [6.45, 7) is 0. The molecule has 3 N–H and O–H groups in total. The Hall–Kier alpha value is -2.29. The van der Waals surface area contributed by atoms with Gasteiger partial charge in [0.25, 0.3) is 5.91 Å². The second kappa shape index (κ2) is 7.98. The molecule has 2 amide bonds. The largest absolute Gasteiger partial charge is 0.365 e.